The van der Waals surface area contributed by atoms with Crippen LogP contribution in [-0.4, -0.2) is 66.5 Å². The van der Waals surface area contributed by atoms with Crippen molar-refractivity contribution < 1.29 is 52.2 Å². The molecule has 0 aliphatic rings. The molecule has 3 unspecified atom stereocenters. The molecule has 0 aliphatic carbocycles. The number of ether oxygens (including phenoxy) is 3. The number of phosphoric ester groups is 1. The summed E-state index contributed by atoms with van der Waals surface area (Å²) in [6.07, 6.45) is 70.2. The van der Waals surface area contributed by atoms with Crippen molar-refractivity contribution >= 4 is 25.7 Å². The molecular formula is C68H123O11P. The van der Waals surface area contributed by atoms with Gasteiger partial charge in [-0.15, -0.1) is 0 Å². The van der Waals surface area contributed by atoms with Gasteiger partial charge in [0.15, 0.2) is 6.10 Å². The Hall–Kier alpha value is -2.82. The molecule has 0 aromatic carbocycles. The van der Waals surface area contributed by atoms with E-state index < -0.39 is 57.8 Å². The molecule has 0 amide bonds. The lowest BCUT2D eigenvalue weighted by molar-refractivity contribution is -0.161. The Morgan fingerprint density at radius 1 is 0.350 bits per heavy atom. The maximum Gasteiger partial charge on any atom is 0.472 e. The van der Waals surface area contributed by atoms with Gasteiger partial charge in [-0.3, -0.25) is 23.4 Å². The predicted molar refractivity (Wildman–Crippen MR) is 335 cm³/mol. The monoisotopic (exact) mass is 1150 g/mol. The van der Waals surface area contributed by atoms with Crippen LogP contribution < -0.4 is 0 Å². The van der Waals surface area contributed by atoms with E-state index >= 15 is 0 Å². The number of carbonyl (C=O) groups is 3. The van der Waals surface area contributed by atoms with Gasteiger partial charge in [-0.25, -0.2) is 4.57 Å². The molecule has 3 atom stereocenters. The number of hydrogen-bond acceptors (Lipinski definition) is 10. The van der Waals surface area contributed by atoms with Crippen LogP contribution in [0.25, 0.3) is 0 Å². The summed E-state index contributed by atoms with van der Waals surface area (Å²) in [7, 11) is -4.76. The fourth-order valence-electron chi connectivity index (χ4n) is 9.30. The number of esters is 3. The van der Waals surface area contributed by atoms with Crippen molar-refractivity contribution in [3.8, 4) is 0 Å². The third kappa shape index (κ3) is 59.8. The molecular weight excluding hydrogens is 1020 g/mol. The molecule has 0 aromatic rings. The smallest absolute Gasteiger partial charge is 0.462 e. The van der Waals surface area contributed by atoms with Gasteiger partial charge in [-0.1, -0.05) is 248 Å². The van der Waals surface area contributed by atoms with E-state index in [0.717, 1.165) is 109 Å². The van der Waals surface area contributed by atoms with Gasteiger partial charge in [0.1, 0.15) is 12.7 Å². The van der Waals surface area contributed by atoms with E-state index in [2.05, 4.69) is 81.5 Å². The Kier molecular flexibility index (Phi) is 60.0. The highest BCUT2D eigenvalue weighted by molar-refractivity contribution is 7.47. The SMILES string of the molecule is CCCCC/C=C\C/C=C\C/C=C\CCCCCCCCC(=O)OCC(COP(=O)(O)OCC(CO)OC(=O)CCCCCCCCC/C=C\CCCCCCCC)OC(=O)CCCCCCCCC/C=C\CCCCCCCC. The van der Waals surface area contributed by atoms with Crippen molar-refractivity contribution in [2.75, 3.05) is 26.4 Å². The normalized spacial score (nSPS) is 13.6. The predicted octanol–water partition coefficient (Wildman–Crippen LogP) is 20.3. The van der Waals surface area contributed by atoms with Crippen molar-refractivity contribution in [1.29, 1.82) is 0 Å². The summed E-state index contributed by atoms with van der Waals surface area (Å²) in [6.45, 7) is 4.64. The van der Waals surface area contributed by atoms with Crippen LogP contribution in [0.1, 0.15) is 316 Å². The molecule has 0 saturated carbocycles. The number of rotatable bonds is 62. The summed E-state index contributed by atoms with van der Waals surface area (Å²) in [5.41, 5.74) is 0. The van der Waals surface area contributed by atoms with Crippen molar-refractivity contribution in [2.24, 2.45) is 0 Å². The molecule has 11 nitrogen and oxygen atoms in total. The van der Waals surface area contributed by atoms with Crippen LogP contribution in [-0.2, 0) is 42.2 Å². The molecule has 0 bridgehead atoms. The zero-order chi connectivity index (χ0) is 58.3. The fourth-order valence-corrected chi connectivity index (χ4v) is 10.1. The summed E-state index contributed by atoms with van der Waals surface area (Å²) in [5, 5.41) is 9.86. The van der Waals surface area contributed by atoms with Crippen LogP contribution >= 0.6 is 7.82 Å². The zero-order valence-corrected chi connectivity index (χ0v) is 52.7. The highest BCUT2D eigenvalue weighted by Crippen LogP contribution is 2.43. The molecule has 0 saturated heterocycles. The Morgan fingerprint density at radius 2 is 0.613 bits per heavy atom. The molecule has 2 N–H and O–H groups in total. The molecule has 0 heterocycles. The van der Waals surface area contributed by atoms with Gasteiger partial charge in [0.2, 0.25) is 0 Å². The summed E-state index contributed by atoms with van der Waals surface area (Å²) in [6, 6.07) is 0. The second kappa shape index (κ2) is 62.2. The number of aliphatic hydroxyl groups excluding tert-OH is 1. The van der Waals surface area contributed by atoms with Crippen LogP contribution in [0.5, 0.6) is 0 Å². The average molecular weight is 1150 g/mol. The van der Waals surface area contributed by atoms with E-state index in [9.17, 15) is 28.9 Å². The molecule has 0 rings (SSSR count). The molecule has 0 fully saturated rings. The highest BCUT2D eigenvalue weighted by Gasteiger charge is 2.28. The molecule has 0 aliphatic heterocycles. The van der Waals surface area contributed by atoms with Crippen LogP contribution in [0.2, 0.25) is 0 Å². The Morgan fingerprint density at radius 3 is 0.975 bits per heavy atom. The first-order valence-corrected chi connectivity index (χ1v) is 34.7. The summed E-state index contributed by atoms with van der Waals surface area (Å²) < 4.78 is 39.7. The second-order valence-corrected chi connectivity index (χ2v) is 23.7. The highest BCUT2D eigenvalue weighted by atomic mass is 31.2. The van der Waals surface area contributed by atoms with Gasteiger partial charge in [0.05, 0.1) is 19.8 Å². The van der Waals surface area contributed by atoms with Crippen LogP contribution in [0, 0.1) is 0 Å². The Balaban J connectivity index is 4.70. The van der Waals surface area contributed by atoms with Gasteiger partial charge in [0, 0.05) is 19.3 Å². The van der Waals surface area contributed by atoms with E-state index in [1.807, 2.05) is 0 Å². The number of carbonyl (C=O) groups excluding carboxylic acids is 3. The first-order valence-electron chi connectivity index (χ1n) is 33.2. The lowest BCUT2D eigenvalue weighted by atomic mass is 10.1. The maximum absolute atomic E-state index is 13.0. The third-order valence-electron chi connectivity index (χ3n) is 14.4. The van der Waals surface area contributed by atoms with Crippen molar-refractivity contribution in [2.45, 2.75) is 328 Å². The minimum Gasteiger partial charge on any atom is -0.462 e. The molecule has 0 aromatic heterocycles. The van der Waals surface area contributed by atoms with Crippen LogP contribution in [0.3, 0.4) is 0 Å². The van der Waals surface area contributed by atoms with Crippen LogP contribution in [0.4, 0.5) is 0 Å². The lowest BCUT2D eigenvalue weighted by Gasteiger charge is -2.21. The van der Waals surface area contributed by atoms with E-state index in [4.69, 9.17) is 23.3 Å². The minimum atomic E-state index is -4.76. The first kappa shape index (κ1) is 77.2. The number of aliphatic hydroxyl groups is 1. The topological polar surface area (TPSA) is 155 Å². The van der Waals surface area contributed by atoms with Crippen molar-refractivity contribution in [1.82, 2.24) is 0 Å². The van der Waals surface area contributed by atoms with Gasteiger partial charge in [0.25, 0.3) is 0 Å². The molecule has 12 heteroatoms. The molecule has 80 heavy (non-hydrogen) atoms. The Labute approximate surface area is 491 Å². The number of hydrogen-bond donors (Lipinski definition) is 2. The number of allylic oxidation sites excluding steroid dienone is 10. The largest absolute Gasteiger partial charge is 0.472 e. The van der Waals surface area contributed by atoms with Gasteiger partial charge in [-0.05, 0) is 109 Å². The van der Waals surface area contributed by atoms with Crippen LogP contribution in [0.15, 0.2) is 60.8 Å². The van der Waals surface area contributed by atoms with Crippen molar-refractivity contribution in [3.05, 3.63) is 60.8 Å². The van der Waals surface area contributed by atoms with E-state index in [1.165, 1.54) is 148 Å². The lowest BCUT2D eigenvalue weighted by Crippen LogP contribution is -2.30. The minimum absolute atomic E-state index is 0.160. The van der Waals surface area contributed by atoms with E-state index in [1.54, 1.807) is 0 Å². The standard InChI is InChI=1S/C68H123O11P/c1-4-7-10-13-16-19-22-25-28-31-32-35-36-39-42-45-48-51-54-57-66(70)75-61-65(79-68(72)59-56-53-50-47-44-41-38-34-30-27-24-21-18-15-12-9-6-3)63-77-80(73,74)76-62-64(60-69)78-67(71)58-55-52-49-46-43-40-37-33-29-26-23-20-17-14-11-8-5-2/h16,19,25-30,32,35,64-65,69H,4-15,17-18,20-24,31,33-34,36-63H2,1-3H3,(H,73,74)/b19-16-,28-25-,29-26-,30-27-,35-32-. The average Bonchev–Trinajstić information content (AvgIpc) is 3.45. The maximum atomic E-state index is 13.0. The first-order chi connectivity index (χ1) is 39.2. The summed E-state index contributed by atoms with van der Waals surface area (Å²) in [5.74, 6) is -1.47. The number of unbranched alkanes of at least 4 members (excludes halogenated alkanes) is 35. The van der Waals surface area contributed by atoms with E-state index in [-0.39, 0.29) is 25.9 Å². The third-order valence-corrected chi connectivity index (χ3v) is 15.3. The number of phosphoric acid groups is 1. The van der Waals surface area contributed by atoms with Gasteiger partial charge < -0.3 is 24.2 Å². The zero-order valence-electron chi connectivity index (χ0n) is 51.8. The summed E-state index contributed by atoms with van der Waals surface area (Å²) >= 11 is 0. The van der Waals surface area contributed by atoms with Gasteiger partial charge >= 0.3 is 25.7 Å². The fraction of sp³-hybridized carbons (Fsp3) is 0.809. The quantitative estimate of drug-likeness (QED) is 0.0197. The molecule has 466 valence electrons. The van der Waals surface area contributed by atoms with Crippen molar-refractivity contribution in [3.63, 3.8) is 0 Å². The molecule has 0 spiro atoms. The van der Waals surface area contributed by atoms with E-state index in [0.29, 0.717) is 19.3 Å². The van der Waals surface area contributed by atoms with Gasteiger partial charge in [-0.2, -0.15) is 0 Å². The molecule has 0 radical (unpaired) electrons. The summed E-state index contributed by atoms with van der Waals surface area (Å²) in [4.78, 5) is 48.8. The second-order valence-electron chi connectivity index (χ2n) is 22.3. The Bertz CT molecular complexity index is 1570.